The first kappa shape index (κ1) is 12.8. The third kappa shape index (κ3) is 3.02. The van der Waals surface area contributed by atoms with Crippen LogP contribution in [0.3, 0.4) is 0 Å². The highest BCUT2D eigenvalue weighted by atomic mass is 16.5. The van der Waals surface area contributed by atoms with Crippen LogP contribution in [0.15, 0.2) is 47.3 Å². The number of hydrogen-bond acceptors (Lipinski definition) is 3. The highest BCUT2D eigenvalue weighted by Gasteiger charge is 2.16. The molecule has 0 unspecified atom stereocenters. The molecular weight excluding hydrogens is 254 g/mol. The van der Waals surface area contributed by atoms with Crippen molar-refractivity contribution in [3.05, 3.63) is 48.4 Å². The molecule has 20 heavy (non-hydrogen) atoms. The number of rotatable bonds is 4. The zero-order valence-corrected chi connectivity index (χ0v) is 11.2. The molecule has 1 aromatic carbocycles. The van der Waals surface area contributed by atoms with Crippen LogP contribution in [0.1, 0.15) is 36.0 Å². The Hall–Kier alpha value is -2.23. The van der Waals surface area contributed by atoms with E-state index in [-0.39, 0.29) is 5.91 Å². The van der Waals surface area contributed by atoms with Gasteiger partial charge in [0, 0.05) is 5.69 Å². The molecule has 0 spiro atoms. The number of benzene rings is 1. The quantitative estimate of drug-likeness (QED) is 0.918. The largest absolute Gasteiger partial charge is 0.490 e. The predicted octanol–water partition coefficient (Wildman–Crippen LogP) is 3.85. The van der Waals surface area contributed by atoms with Gasteiger partial charge in [-0.3, -0.25) is 4.79 Å². The number of ether oxygens (including phenoxy) is 1. The van der Waals surface area contributed by atoms with Gasteiger partial charge in [0.05, 0.1) is 17.9 Å². The van der Waals surface area contributed by atoms with Crippen molar-refractivity contribution in [2.75, 3.05) is 5.32 Å². The number of carbonyl (C=O) groups excluding carboxylic acids is 1. The standard InChI is InChI=1S/C16H17NO3/c18-16(12-9-10-19-11-12)17-13-5-7-15(8-6-13)20-14-3-1-2-4-14/h5-11,14H,1-4H2,(H,17,18). The van der Waals surface area contributed by atoms with E-state index in [1.54, 1.807) is 6.07 Å². The van der Waals surface area contributed by atoms with Gasteiger partial charge in [-0.2, -0.15) is 0 Å². The van der Waals surface area contributed by atoms with Crippen LogP contribution in [0.5, 0.6) is 5.75 Å². The molecule has 1 fully saturated rings. The smallest absolute Gasteiger partial charge is 0.258 e. The van der Waals surface area contributed by atoms with E-state index in [9.17, 15) is 4.79 Å². The van der Waals surface area contributed by atoms with Gasteiger partial charge >= 0.3 is 0 Å². The normalized spacial score (nSPS) is 15.2. The summed E-state index contributed by atoms with van der Waals surface area (Å²) in [5, 5.41) is 2.81. The molecule has 1 aliphatic carbocycles. The van der Waals surface area contributed by atoms with Crippen molar-refractivity contribution in [1.29, 1.82) is 0 Å². The van der Waals surface area contributed by atoms with Crippen molar-refractivity contribution in [2.45, 2.75) is 31.8 Å². The SMILES string of the molecule is O=C(Nc1ccc(OC2CCCC2)cc1)c1ccoc1. The lowest BCUT2D eigenvalue weighted by Gasteiger charge is -2.13. The van der Waals surface area contributed by atoms with Crippen molar-refractivity contribution < 1.29 is 13.9 Å². The van der Waals surface area contributed by atoms with Crippen LogP contribution in [0.25, 0.3) is 0 Å². The third-order valence-corrected chi connectivity index (χ3v) is 3.50. The second kappa shape index (κ2) is 5.82. The molecule has 3 rings (SSSR count). The molecule has 0 aliphatic heterocycles. The molecule has 1 heterocycles. The Labute approximate surface area is 117 Å². The predicted molar refractivity (Wildman–Crippen MR) is 76.0 cm³/mol. The Bertz CT molecular complexity index is 554. The minimum Gasteiger partial charge on any atom is -0.490 e. The molecule has 104 valence electrons. The molecule has 0 saturated heterocycles. The van der Waals surface area contributed by atoms with Crippen LogP contribution < -0.4 is 10.1 Å². The summed E-state index contributed by atoms with van der Waals surface area (Å²) in [5.74, 6) is 0.682. The zero-order chi connectivity index (χ0) is 13.8. The maximum atomic E-state index is 11.8. The molecular formula is C16H17NO3. The molecule has 1 amide bonds. The van der Waals surface area contributed by atoms with E-state index in [1.807, 2.05) is 24.3 Å². The van der Waals surface area contributed by atoms with E-state index < -0.39 is 0 Å². The third-order valence-electron chi connectivity index (χ3n) is 3.50. The average Bonchev–Trinajstić information content (AvgIpc) is 3.13. The van der Waals surface area contributed by atoms with Gasteiger partial charge in [-0.15, -0.1) is 0 Å². The molecule has 2 aromatic rings. The Balaban J connectivity index is 1.59. The highest BCUT2D eigenvalue weighted by molar-refractivity contribution is 6.03. The van der Waals surface area contributed by atoms with Crippen LogP contribution in [0, 0.1) is 0 Å². The summed E-state index contributed by atoms with van der Waals surface area (Å²) < 4.78 is 10.8. The van der Waals surface area contributed by atoms with E-state index in [2.05, 4.69) is 5.32 Å². The molecule has 0 atom stereocenters. The fourth-order valence-electron chi connectivity index (χ4n) is 2.41. The Morgan fingerprint density at radius 1 is 1.15 bits per heavy atom. The van der Waals surface area contributed by atoms with E-state index in [0.717, 1.165) is 24.3 Å². The lowest BCUT2D eigenvalue weighted by atomic mass is 10.2. The summed E-state index contributed by atoms with van der Waals surface area (Å²) in [5.41, 5.74) is 1.26. The lowest BCUT2D eigenvalue weighted by molar-refractivity contribution is 0.102. The molecule has 1 aliphatic rings. The first-order valence-electron chi connectivity index (χ1n) is 6.91. The number of nitrogens with one attached hydrogen (secondary N) is 1. The molecule has 4 nitrogen and oxygen atoms in total. The van der Waals surface area contributed by atoms with E-state index in [4.69, 9.17) is 9.15 Å². The Kier molecular flexibility index (Phi) is 3.72. The van der Waals surface area contributed by atoms with Gasteiger partial charge in [0.1, 0.15) is 12.0 Å². The molecule has 0 bridgehead atoms. The fourth-order valence-corrected chi connectivity index (χ4v) is 2.41. The van der Waals surface area contributed by atoms with Crippen molar-refractivity contribution >= 4 is 11.6 Å². The van der Waals surface area contributed by atoms with Gasteiger partial charge in [-0.05, 0) is 56.0 Å². The number of anilines is 1. The number of carbonyl (C=O) groups is 1. The first-order valence-corrected chi connectivity index (χ1v) is 6.91. The summed E-state index contributed by atoms with van der Waals surface area (Å²) in [6, 6.07) is 9.12. The first-order chi connectivity index (χ1) is 9.81. The van der Waals surface area contributed by atoms with E-state index in [1.165, 1.54) is 25.4 Å². The maximum absolute atomic E-state index is 11.8. The molecule has 4 heteroatoms. The number of furan rings is 1. The number of amides is 1. The summed E-state index contributed by atoms with van der Waals surface area (Å²) in [6.45, 7) is 0. The van der Waals surface area contributed by atoms with Crippen LogP contribution in [0.4, 0.5) is 5.69 Å². The molecule has 0 radical (unpaired) electrons. The summed E-state index contributed by atoms with van der Waals surface area (Å²) in [7, 11) is 0. The van der Waals surface area contributed by atoms with Crippen molar-refractivity contribution in [3.63, 3.8) is 0 Å². The van der Waals surface area contributed by atoms with Gasteiger partial charge in [-0.1, -0.05) is 0 Å². The van der Waals surface area contributed by atoms with Gasteiger partial charge in [-0.25, -0.2) is 0 Å². The van der Waals surface area contributed by atoms with Crippen LogP contribution in [-0.4, -0.2) is 12.0 Å². The monoisotopic (exact) mass is 271 g/mol. The van der Waals surface area contributed by atoms with Gasteiger partial charge in [0.25, 0.3) is 5.91 Å². The highest BCUT2D eigenvalue weighted by Crippen LogP contribution is 2.25. The zero-order valence-electron chi connectivity index (χ0n) is 11.2. The maximum Gasteiger partial charge on any atom is 0.258 e. The Morgan fingerprint density at radius 2 is 1.90 bits per heavy atom. The lowest BCUT2D eigenvalue weighted by Crippen LogP contribution is -2.12. The second-order valence-electron chi connectivity index (χ2n) is 5.01. The van der Waals surface area contributed by atoms with Gasteiger partial charge in [0.2, 0.25) is 0 Å². The van der Waals surface area contributed by atoms with Crippen LogP contribution >= 0.6 is 0 Å². The summed E-state index contributed by atoms with van der Waals surface area (Å²) in [4.78, 5) is 11.8. The van der Waals surface area contributed by atoms with Crippen LogP contribution in [0.2, 0.25) is 0 Å². The van der Waals surface area contributed by atoms with E-state index >= 15 is 0 Å². The van der Waals surface area contributed by atoms with Gasteiger partial charge in [0.15, 0.2) is 0 Å². The minimum atomic E-state index is -0.178. The topological polar surface area (TPSA) is 51.5 Å². The second-order valence-corrected chi connectivity index (χ2v) is 5.01. The minimum absolute atomic E-state index is 0.178. The molecule has 1 N–H and O–H groups in total. The average molecular weight is 271 g/mol. The van der Waals surface area contributed by atoms with E-state index in [0.29, 0.717) is 11.7 Å². The molecule has 1 aromatic heterocycles. The van der Waals surface area contributed by atoms with Crippen molar-refractivity contribution in [2.24, 2.45) is 0 Å². The van der Waals surface area contributed by atoms with Crippen molar-refractivity contribution in [3.8, 4) is 5.75 Å². The van der Waals surface area contributed by atoms with Crippen molar-refractivity contribution in [1.82, 2.24) is 0 Å². The van der Waals surface area contributed by atoms with Gasteiger partial charge < -0.3 is 14.5 Å². The van der Waals surface area contributed by atoms with Crippen LogP contribution in [-0.2, 0) is 0 Å². The Morgan fingerprint density at radius 3 is 2.55 bits per heavy atom. The molecule has 1 saturated carbocycles. The summed E-state index contributed by atoms with van der Waals surface area (Å²) >= 11 is 0. The summed E-state index contributed by atoms with van der Waals surface area (Å²) in [6.07, 6.45) is 8.03. The number of hydrogen-bond donors (Lipinski definition) is 1. The fraction of sp³-hybridized carbons (Fsp3) is 0.312.